The van der Waals surface area contributed by atoms with E-state index in [0.29, 0.717) is 36.1 Å². The zero-order chi connectivity index (χ0) is 26.9. The number of nitrogens with zero attached hydrogens (tertiary/aromatic N) is 2. The Morgan fingerprint density at radius 1 is 1.05 bits per heavy atom. The number of hydrogen-bond donors (Lipinski definition) is 1. The number of rotatable bonds is 10. The van der Waals surface area contributed by atoms with E-state index < -0.39 is 11.9 Å². The van der Waals surface area contributed by atoms with Gasteiger partial charge in [0, 0.05) is 43.2 Å². The van der Waals surface area contributed by atoms with E-state index in [1.54, 1.807) is 36.1 Å². The molecule has 3 rings (SSSR count). The number of ether oxygens (including phenoxy) is 2. The molecule has 0 saturated carbocycles. The molecule has 0 spiro atoms. The lowest BCUT2D eigenvalue weighted by molar-refractivity contribution is -0.144. The summed E-state index contributed by atoms with van der Waals surface area (Å²) in [5.41, 5.74) is 1.34. The van der Waals surface area contributed by atoms with Crippen molar-refractivity contribution in [2.24, 2.45) is 0 Å². The molecule has 1 N–H and O–H groups in total. The van der Waals surface area contributed by atoms with Crippen LogP contribution in [0.4, 0.5) is 10.1 Å². The molecule has 2 aromatic carbocycles. The van der Waals surface area contributed by atoms with Crippen molar-refractivity contribution in [3.8, 4) is 5.75 Å². The van der Waals surface area contributed by atoms with Gasteiger partial charge < -0.3 is 19.7 Å². The minimum atomic E-state index is -0.452. The SMILES string of the molecule is CCOC(=O)CCC(=O)Nc1cc(Cl)ccc1OCC(=O)N1CC(C)N(Cc2ccc(F)cc2)CC1C. The summed E-state index contributed by atoms with van der Waals surface area (Å²) in [6, 6.07) is 11.2. The summed E-state index contributed by atoms with van der Waals surface area (Å²) in [6.45, 7) is 7.66. The Hall–Kier alpha value is -3.17. The van der Waals surface area contributed by atoms with Gasteiger partial charge in [0.25, 0.3) is 5.91 Å². The van der Waals surface area contributed by atoms with Crippen LogP contribution in [0.5, 0.6) is 5.75 Å². The molecule has 37 heavy (non-hydrogen) atoms. The molecule has 0 aliphatic carbocycles. The van der Waals surface area contributed by atoms with Crippen molar-refractivity contribution in [2.45, 2.75) is 52.2 Å². The van der Waals surface area contributed by atoms with Crippen molar-refractivity contribution in [2.75, 3.05) is 31.6 Å². The second-order valence-electron chi connectivity index (χ2n) is 9.08. The average Bonchev–Trinajstić information content (AvgIpc) is 2.85. The van der Waals surface area contributed by atoms with Crippen LogP contribution in [0.15, 0.2) is 42.5 Å². The van der Waals surface area contributed by atoms with Crippen LogP contribution in [0.1, 0.15) is 39.2 Å². The summed E-state index contributed by atoms with van der Waals surface area (Å²) in [5, 5.41) is 3.08. The molecular formula is C27H33ClFN3O5. The van der Waals surface area contributed by atoms with Crippen molar-refractivity contribution >= 4 is 35.1 Å². The molecule has 200 valence electrons. The topological polar surface area (TPSA) is 88.2 Å². The lowest BCUT2D eigenvalue weighted by atomic mass is 10.1. The molecule has 1 aliphatic rings. The third-order valence-electron chi connectivity index (χ3n) is 6.16. The highest BCUT2D eigenvalue weighted by Gasteiger charge is 2.32. The molecule has 0 bridgehead atoms. The van der Waals surface area contributed by atoms with Crippen molar-refractivity contribution in [3.05, 3.63) is 58.9 Å². The molecule has 2 atom stereocenters. The summed E-state index contributed by atoms with van der Waals surface area (Å²) < 4.78 is 23.8. The van der Waals surface area contributed by atoms with Crippen LogP contribution in [-0.4, -0.2) is 66.0 Å². The zero-order valence-electron chi connectivity index (χ0n) is 21.3. The molecule has 0 aromatic heterocycles. The number of piperazine rings is 1. The zero-order valence-corrected chi connectivity index (χ0v) is 22.1. The molecule has 2 unspecified atom stereocenters. The number of amides is 2. The Kier molecular flexibility index (Phi) is 10.3. The van der Waals surface area contributed by atoms with Gasteiger partial charge in [0.2, 0.25) is 5.91 Å². The van der Waals surface area contributed by atoms with E-state index in [-0.39, 0.29) is 49.9 Å². The third kappa shape index (κ3) is 8.43. The molecular weight excluding hydrogens is 501 g/mol. The predicted octanol–water partition coefficient (Wildman–Crippen LogP) is 4.26. The maximum absolute atomic E-state index is 13.2. The molecule has 8 nitrogen and oxygen atoms in total. The van der Waals surface area contributed by atoms with E-state index in [2.05, 4.69) is 17.1 Å². The van der Waals surface area contributed by atoms with Crippen molar-refractivity contribution in [1.82, 2.24) is 9.80 Å². The van der Waals surface area contributed by atoms with Gasteiger partial charge in [-0.3, -0.25) is 19.3 Å². The van der Waals surface area contributed by atoms with E-state index in [0.717, 1.165) is 5.56 Å². The number of anilines is 1. The van der Waals surface area contributed by atoms with E-state index in [4.69, 9.17) is 21.1 Å². The van der Waals surface area contributed by atoms with Crippen LogP contribution in [-0.2, 0) is 25.7 Å². The first-order valence-electron chi connectivity index (χ1n) is 12.3. The van der Waals surface area contributed by atoms with Gasteiger partial charge in [0.05, 0.1) is 18.7 Å². The molecule has 2 aromatic rings. The summed E-state index contributed by atoms with van der Waals surface area (Å²) in [5.74, 6) is -0.980. The van der Waals surface area contributed by atoms with E-state index in [9.17, 15) is 18.8 Å². The number of nitrogens with one attached hydrogen (secondary N) is 1. The Labute approximate surface area is 221 Å². The summed E-state index contributed by atoms with van der Waals surface area (Å²) >= 11 is 6.09. The van der Waals surface area contributed by atoms with E-state index >= 15 is 0 Å². The van der Waals surface area contributed by atoms with Gasteiger partial charge in [0.15, 0.2) is 6.61 Å². The first-order valence-corrected chi connectivity index (χ1v) is 12.7. The number of hydrogen-bond acceptors (Lipinski definition) is 6. The first-order chi connectivity index (χ1) is 17.7. The average molecular weight is 534 g/mol. The predicted molar refractivity (Wildman–Crippen MR) is 139 cm³/mol. The smallest absolute Gasteiger partial charge is 0.306 e. The number of esters is 1. The fourth-order valence-electron chi connectivity index (χ4n) is 4.20. The fraction of sp³-hybridized carbons (Fsp3) is 0.444. The Bertz CT molecular complexity index is 1100. The third-order valence-corrected chi connectivity index (χ3v) is 6.40. The van der Waals surface area contributed by atoms with Crippen molar-refractivity contribution < 1.29 is 28.2 Å². The van der Waals surface area contributed by atoms with Gasteiger partial charge in [0.1, 0.15) is 11.6 Å². The lowest BCUT2D eigenvalue weighted by Crippen LogP contribution is -2.58. The number of carbonyl (C=O) groups excluding carboxylic acids is 3. The number of benzene rings is 2. The number of carbonyl (C=O) groups is 3. The minimum absolute atomic E-state index is 0.0417. The highest BCUT2D eigenvalue weighted by Crippen LogP contribution is 2.29. The van der Waals surface area contributed by atoms with Gasteiger partial charge in [-0.15, -0.1) is 0 Å². The summed E-state index contributed by atoms with van der Waals surface area (Å²) in [6.07, 6.45) is -0.0978. The van der Waals surface area contributed by atoms with Crippen LogP contribution in [0.2, 0.25) is 5.02 Å². The molecule has 0 radical (unpaired) electrons. The second-order valence-corrected chi connectivity index (χ2v) is 9.52. The Morgan fingerprint density at radius 3 is 2.49 bits per heavy atom. The van der Waals surface area contributed by atoms with Gasteiger partial charge >= 0.3 is 5.97 Å². The van der Waals surface area contributed by atoms with E-state index in [1.807, 2.05) is 6.92 Å². The first kappa shape index (κ1) is 28.4. The van der Waals surface area contributed by atoms with Gasteiger partial charge in [-0.2, -0.15) is 0 Å². The van der Waals surface area contributed by atoms with Crippen LogP contribution >= 0.6 is 11.6 Å². The number of halogens is 2. The molecule has 1 fully saturated rings. The van der Waals surface area contributed by atoms with Gasteiger partial charge in [-0.25, -0.2) is 4.39 Å². The summed E-state index contributed by atoms with van der Waals surface area (Å²) in [7, 11) is 0. The quantitative estimate of drug-likeness (QED) is 0.459. The molecule has 1 saturated heterocycles. The minimum Gasteiger partial charge on any atom is -0.482 e. The van der Waals surface area contributed by atoms with Gasteiger partial charge in [-0.05, 0) is 56.7 Å². The lowest BCUT2D eigenvalue weighted by Gasteiger charge is -2.44. The normalized spacial score (nSPS) is 17.8. The summed E-state index contributed by atoms with van der Waals surface area (Å²) in [4.78, 5) is 40.9. The van der Waals surface area contributed by atoms with Gasteiger partial charge in [-0.1, -0.05) is 23.7 Å². The van der Waals surface area contributed by atoms with Crippen LogP contribution in [0, 0.1) is 5.82 Å². The maximum Gasteiger partial charge on any atom is 0.306 e. The van der Waals surface area contributed by atoms with Crippen LogP contribution in [0.25, 0.3) is 0 Å². The highest BCUT2D eigenvalue weighted by atomic mass is 35.5. The molecule has 2 amide bonds. The van der Waals surface area contributed by atoms with Crippen LogP contribution in [0.3, 0.4) is 0 Å². The molecule has 1 heterocycles. The Balaban J connectivity index is 1.56. The fourth-order valence-corrected chi connectivity index (χ4v) is 4.37. The van der Waals surface area contributed by atoms with Crippen molar-refractivity contribution in [1.29, 1.82) is 0 Å². The largest absolute Gasteiger partial charge is 0.482 e. The van der Waals surface area contributed by atoms with E-state index in [1.165, 1.54) is 18.2 Å². The second kappa shape index (κ2) is 13.4. The van der Waals surface area contributed by atoms with Crippen LogP contribution < -0.4 is 10.1 Å². The Morgan fingerprint density at radius 2 is 1.78 bits per heavy atom. The molecule has 1 aliphatic heterocycles. The molecule has 10 heteroatoms. The standard InChI is InChI=1S/C27H33ClFN3O5/c1-4-36-27(35)12-11-25(33)30-23-13-21(28)7-10-24(23)37-17-26(34)32-15-18(2)31(14-19(32)3)16-20-5-8-22(29)9-6-20/h5-10,13,18-19H,4,11-12,14-17H2,1-3H3,(H,30,33). The highest BCUT2D eigenvalue weighted by molar-refractivity contribution is 6.31. The monoisotopic (exact) mass is 533 g/mol. The maximum atomic E-state index is 13.2. The van der Waals surface area contributed by atoms with Crippen molar-refractivity contribution in [3.63, 3.8) is 0 Å².